The van der Waals surface area contributed by atoms with Crippen LogP contribution in [0.2, 0.25) is 0 Å². The molecular formula is C17H14O2S. The van der Waals surface area contributed by atoms with E-state index in [0.717, 1.165) is 22.5 Å². The van der Waals surface area contributed by atoms with E-state index in [1.807, 2.05) is 31.2 Å². The summed E-state index contributed by atoms with van der Waals surface area (Å²) in [5, 5.41) is 1.21. The maximum absolute atomic E-state index is 11.3. The van der Waals surface area contributed by atoms with Crippen molar-refractivity contribution in [1.29, 1.82) is 0 Å². The highest BCUT2D eigenvalue weighted by molar-refractivity contribution is 7.22. The van der Waals surface area contributed by atoms with E-state index >= 15 is 0 Å². The highest BCUT2D eigenvalue weighted by Gasteiger charge is 2.09. The Labute approximate surface area is 121 Å². The minimum absolute atomic E-state index is 0.598. The first-order chi connectivity index (χ1) is 9.81. The van der Waals surface area contributed by atoms with Crippen molar-refractivity contribution in [3.8, 4) is 16.2 Å². The summed E-state index contributed by atoms with van der Waals surface area (Å²) in [5.41, 5.74) is 1.63. The topological polar surface area (TPSA) is 26.3 Å². The molecule has 3 rings (SSSR count). The van der Waals surface area contributed by atoms with Crippen molar-refractivity contribution >= 4 is 27.7 Å². The Hall–Kier alpha value is -2.13. The maximum atomic E-state index is 11.3. The average Bonchev–Trinajstić information content (AvgIpc) is 2.91. The molecule has 20 heavy (non-hydrogen) atoms. The second-order valence-electron chi connectivity index (χ2n) is 4.45. The smallest absolute Gasteiger partial charge is 0.150 e. The molecule has 0 aliphatic heterocycles. The first-order valence-corrected chi connectivity index (χ1v) is 7.34. The van der Waals surface area contributed by atoms with Crippen molar-refractivity contribution in [3.63, 3.8) is 0 Å². The van der Waals surface area contributed by atoms with E-state index in [1.54, 1.807) is 17.4 Å². The molecule has 0 amide bonds. The van der Waals surface area contributed by atoms with E-state index in [-0.39, 0.29) is 0 Å². The van der Waals surface area contributed by atoms with Gasteiger partial charge in [0.2, 0.25) is 0 Å². The van der Waals surface area contributed by atoms with Gasteiger partial charge in [0.15, 0.2) is 6.29 Å². The van der Waals surface area contributed by atoms with Gasteiger partial charge in [-0.2, -0.15) is 0 Å². The van der Waals surface area contributed by atoms with Gasteiger partial charge in [0, 0.05) is 20.7 Å². The monoisotopic (exact) mass is 282 g/mol. The molecule has 1 heterocycles. The number of thiophene rings is 1. The lowest BCUT2D eigenvalue weighted by Crippen LogP contribution is -1.93. The molecule has 0 aliphatic rings. The molecule has 0 saturated heterocycles. The van der Waals surface area contributed by atoms with Gasteiger partial charge >= 0.3 is 0 Å². The first-order valence-electron chi connectivity index (χ1n) is 6.53. The number of fused-ring (bicyclic) bond motifs is 1. The summed E-state index contributed by atoms with van der Waals surface area (Å²) in [6, 6.07) is 16.0. The summed E-state index contributed by atoms with van der Waals surface area (Å²) in [6.45, 7) is 2.53. The van der Waals surface area contributed by atoms with Crippen molar-refractivity contribution in [2.45, 2.75) is 6.92 Å². The molecule has 3 heteroatoms. The van der Waals surface area contributed by atoms with Crippen LogP contribution < -0.4 is 4.74 Å². The fourth-order valence-electron chi connectivity index (χ4n) is 2.23. The average molecular weight is 282 g/mol. The second-order valence-corrected chi connectivity index (χ2v) is 5.53. The zero-order chi connectivity index (χ0) is 13.9. The van der Waals surface area contributed by atoms with Gasteiger partial charge in [-0.1, -0.05) is 18.2 Å². The molecule has 2 nitrogen and oxygen atoms in total. The van der Waals surface area contributed by atoms with Crippen LogP contribution in [0.15, 0.2) is 48.5 Å². The van der Waals surface area contributed by atoms with Gasteiger partial charge in [0.25, 0.3) is 0 Å². The fourth-order valence-corrected chi connectivity index (χ4v) is 3.34. The van der Waals surface area contributed by atoms with Gasteiger partial charge in [-0.15, -0.1) is 11.3 Å². The van der Waals surface area contributed by atoms with Gasteiger partial charge in [0.1, 0.15) is 5.75 Å². The van der Waals surface area contributed by atoms with Crippen LogP contribution >= 0.6 is 11.3 Å². The third kappa shape index (κ3) is 2.32. The maximum Gasteiger partial charge on any atom is 0.150 e. The SMILES string of the molecule is CCOc1ccc(-c2cc3ccccc3s2)c(C=O)c1. The molecule has 0 bridgehead atoms. The largest absolute Gasteiger partial charge is 0.494 e. The number of hydrogen-bond donors (Lipinski definition) is 0. The highest BCUT2D eigenvalue weighted by atomic mass is 32.1. The van der Waals surface area contributed by atoms with E-state index in [0.29, 0.717) is 12.2 Å². The molecule has 0 N–H and O–H groups in total. The number of rotatable bonds is 4. The van der Waals surface area contributed by atoms with E-state index in [4.69, 9.17) is 4.74 Å². The summed E-state index contributed by atoms with van der Waals surface area (Å²) < 4.78 is 6.67. The van der Waals surface area contributed by atoms with Crippen molar-refractivity contribution in [2.24, 2.45) is 0 Å². The minimum atomic E-state index is 0.598. The molecule has 0 atom stereocenters. The molecule has 0 spiro atoms. The van der Waals surface area contributed by atoms with Gasteiger partial charge < -0.3 is 4.74 Å². The molecule has 0 fully saturated rings. The summed E-state index contributed by atoms with van der Waals surface area (Å²) in [7, 11) is 0. The van der Waals surface area contributed by atoms with Gasteiger partial charge in [-0.3, -0.25) is 4.79 Å². The van der Waals surface area contributed by atoms with Crippen LogP contribution in [-0.4, -0.2) is 12.9 Å². The quantitative estimate of drug-likeness (QED) is 0.644. The Morgan fingerprint density at radius 1 is 1.15 bits per heavy atom. The lowest BCUT2D eigenvalue weighted by atomic mass is 10.1. The lowest BCUT2D eigenvalue weighted by molar-refractivity contribution is 0.112. The summed E-state index contributed by atoms with van der Waals surface area (Å²) in [5.74, 6) is 0.736. The number of aldehydes is 1. The number of ether oxygens (including phenoxy) is 1. The Balaban J connectivity index is 2.10. The van der Waals surface area contributed by atoms with Gasteiger partial charge in [0.05, 0.1) is 6.61 Å². The van der Waals surface area contributed by atoms with Crippen LogP contribution in [0, 0.1) is 0 Å². The van der Waals surface area contributed by atoms with Crippen LogP contribution in [0.1, 0.15) is 17.3 Å². The van der Waals surface area contributed by atoms with Crippen LogP contribution in [-0.2, 0) is 0 Å². The molecule has 0 saturated carbocycles. The van der Waals surface area contributed by atoms with Crippen molar-refractivity contribution in [3.05, 3.63) is 54.1 Å². The highest BCUT2D eigenvalue weighted by Crippen LogP contribution is 2.35. The predicted molar refractivity (Wildman–Crippen MR) is 83.8 cm³/mol. The molecule has 1 aromatic heterocycles. The van der Waals surface area contributed by atoms with Crippen LogP contribution in [0.25, 0.3) is 20.5 Å². The van der Waals surface area contributed by atoms with Crippen LogP contribution in [0.5, 0.6) is 5.75 Å². The minimum Gasteiger partial charge on any atom is -0.494 e. The number of carbonyl (C=O) groups excluding carboxylic acids is 1. The Morgan fingerprint density at radius 2 is 2.00 bits per heavy atom. The molecule has 2 aromatic carbocycles. The zero-order valence-electron chi connectivity index (χ0n) is 11.1. The zero-order valence-corrected chi connectivity index (χ0v) is 11.9. The standard InChI is InChI=1S/C17H14O2S/c1-2-19-14-7-8-15(13(9-14)11-18)17-10-12-5-3-4-6-16(12)20-17/h3-11H,2H2,1H3. The Kier molecular flexibility index (Phi) is 3.52. The molecule has 0 radical (unpaired) electrons. The summed E-state index contributed by atoms with van der Waals surface area (Å²) >= 11 is 1.70. The Bertz CT molecular complexity index is 726. The number of hydrogen-bond acceptors (Lipinski definition) is 3. The van der Waals surface area contributed by atoms with E-state index in [9.17, 15) is 4.79 Å². The van der Waals surface area contributed by atoms with Gasteiger partial charge in [-0.05, 0) is 42.6 Å². The van der Waals surface area contributed by atoms with E-state index in [1.165, 1.54) is 10.1 Å². The third-order valence-electron chi connectivity index (χ3n) is 3.15. The molecule has 3 aromatic rings. The second kappa shape index (κ2) is 5.47. The van der Waals surface area contributed by atoms with Gasteiger partial charge in [-0.25, -0.2) is 0 Å². The molecule has 0 unspecified atom stereocenters. The number of carbonyl (C=O) groups is 1. The molecule has 100 valence electrons. The van der Waals surface area contributed by atoms with E-state index in [2.05, 4.69) is 18.2 Å². The summed E-state index contributed by atoms with van der Waals surface area (Å²) in [4.78, 5) is 12.4. The van der Waals surface area contributed by atoms with Crippen LogP contribution in [0.4, 0.5) is 0 Å². The Morgan fingerprint density at radius 3 is 2.75 bits per heavy atom. The van der Waals surface area contributed by atoms with Crippen molar-refractivity contribution < 1.29 is 9.53 Å². The third-order valence-corrected chi connectivity index (χ3v) is 4.30. The van der Waals surface area contributed by atoms with Crippen molar-refractivity contribution in [1.82, 2.24) is 0 Å². The van der Waals surface area contributed by atoms with E-state index < -0.39 is 0 Å². The number of benzene rings is 2. The first kappa shape index (κ1) is 12.9. The van der Waals surface area contributed by atoms with Crippen LogP contribution in [0.3, 0.4) is 0 Å². The summed E-state index contributed by atoms with van der Waals surface area (Å²) in [6.07, 6.45) is 0.891. The predicted octanol–water partition coefficient (Wildman–Crippen LogP) is 4.78. The fraction of sp³-hybridized carbons (Fsp3) is 0.118. The normalized spacial score (nSPS) is 10.7. The van der Waals surface area contributed by atoms with Crippen molar-refractivity contribution in [2.75, 3.05) is 6.61 Å². The molecule has 0 aliphatic carbocycles. The lowest BCUT2D eigenvalue weighted by Gasteiger charge is -2.06. The molecular weight excluding hydrogens is 268 g/mol.